The molecule has 7 heteroatoms. The van der Waals surface area contributed by atoms with Crippen LogP contribution in [0, 0.1) is 11.7 Å². The standard InChI is InChI=1S/C13H15F4NO2/c1-8(2-5-12(19)20)7-18-11-4-3-9(6-10(11)14)13(15,16)17/h3-4,6,8,18H,2,5,7H2,1H3,(H,19,20). The van der Waals surface area contributed by atoms with Gasteiger partial charge in [-0.3, -0.25) is 4.79 Å². The van der Waals surface area contributed by atoms with Gasteiger partial charge < -0.3 is 10.4 Å². The van der Waals surface area contributed by atoms with Crippen molar-refractivity contribution in [2.45, 2.75) is 25.9 Å². The van der Waals surface area contributed by atoms with Crippen LogP contribution in [-0.4, -0.2) is 17.6 Å². The second-order valence-corrected chi connectivity index (χ2v) is 4.61. The van der Waals surface area contributed by atoms with Crippen LogP contribution in [-0.2, 0) is 11.0 Å². The second-order valence-electron chi connectivity index (χ2n) is 4.61. The lowest BCUT2D eigenvalue weighted by atomic mass is 10.1. The van der Waals surface area contributed by atoms with Crippen LogP contribution in [0.25, 0.3) is 0 Å². The molecule has 0 saturated carbocycles. The van der Waals surface area contributed by atoms with E-state index in [0.29, 0.717) is 12.5 Å². The van der Waals surface area contributed by atoms with Crippen molar-refractivity contribution >= 4 is 11.7 Å². The lowest BCUT2D eigenvalue weighted by Gasteiger charge is -2.14. The number of nitrogens with one attached hydrogen (secondary N) is 1. The zero-order valence-corrected chi connectivity index (χ0v) is 10.8. The Hall–Kier alpha value is -1.79. The van der Waals surface area contributed by atoms with Gasteiger partial charge in [-0.1, -0.05) is 6.92 Å². The van der Waals surface area contributed by atoms with Gasteiger partial charge in [-0.15, -0.1) is 0 Å². The van der Waals surface area contributed by atoms with Crippen LogP contribution >= 0.6 is 0 Å². The molecule has 0 aliphatic rings. The maximum Gasteiger partial charge on any atom is 0.416 e. The molecule has 0 fully saturated rings. The van der Waals surface area contributed by atoms with Crippen molar-refractivity contribution < 1.29 is 27.5 Å². The molecule has 3 nitrogen and oxygen atoms in total. The number of halogens is 4. The van der Waals surface area contributed by atoms with Gasteiger partial charge in [0.1, 0.15) is 5.82 Å². The van der Waals surface area contributed by atoms with E-state index in [1.807, 2.05) is 0 Å². The highest BCUT2D eigenvalue weighted by atomic mass is 19.4. The van der Waals surface area contributed by atoms with Gasteiger partial charge in [0.15, 0.2) is 0 Å². The molecule has 1 unspecified atom stereocenters. The molecule has 1 rings (SSSR count). The summed E-state index contributed by atoms with van der Waals surface area (Å²) in [6, 6.07) is 2.26. The molecule has 0 saturated heterocycles. The van der Waals surface area contributed by atoms with Gasteiger partial charge in [-0.2, -0.15) is 13.2 Å². The van der Waals surface area contributed by atoms with Gasteiger partial charge in [0.05, 0.1) is 11.3 Å². The normalized spacial score (nSPS) is 13.1. The van der Waals surface area contributed by atoms with Crippen LogP contribution in [0.1, 0.15) is 25.3 Å². The fraction of sp³-hybridized carbons (Fsp3) is 0.462. The molecule has 1 aromatic rings. The topological polar surface area (TPSA) is 49.3 Å². The van der Waals surface area contributed by atoms with Crippen LogP contribution in [0.4, 0.5) is 23.2 Å². The summed E-state index contributed by atoms with van der Waals surface area (Å²) < 4.78 is 50.5. The van der Waals surface area contributed by atoms with Crippen LogP contribution in [0.3, 0.4) is 0 Å². The Morgan fingerprint density at radius 3 is 2.55 bits per heavy atom. The molecule has 0 aliphatic heterocycles. The van der Waals surface area contributed by atoms with E-state index in [-0.39, 0.29) is 24.6 Å². The highest BCUT2D eigenvalue weighted by Crippen LogP contribution is 2.31. The highest BCUT2D eigenvalue weighted by molar-refractivity contribution is 5.66. The SMILES string of the molecule is CC(CCC(=O)O)CNc1ccc(C(F)(F)F)cc1F. The molecule has 0 spiro atoms. The van der Waals surface area contributed by atoms with E-state index in [4.69, 9.17) is 5.11 Å². The number of alkyl halides is 3. The number of benzene rings is 1. The Morgan fingerprint density at radius 2 is 2.05 bits per heavy atom. The van der Waals surface area contributed by atoms with E-state index >= 15 is 0 Å². The molecule has 0 heterocycles. The number of carboxylic acid groups (broad SMARTS) is 1. The molecule has 0 aliphatic carbocycles. The summed E-state index contributed by atoms with van der Waals surface area (Å²) >= 11 is 0. The summed E-state index contributed by atoms with van der Waals surface area (Å²) in [5.74, 6) is -1.93. The molecule has 1 aromatic carbocycles. The average Bonchev–Trinajstić information content (AvgIpc) is 2.33. The quantitative estimate of drug-likeness (QED) is 0.785. The van der Waals surface area contributed by atoms with E-state index in [2.05, 4.69) is 5.32 Å². The summed E-state index contributed by atoms with van der Waals surface area (Å²) in [5, 5.41) is 11.2. The first-order valence-corrected chi connectivity index (χ1v) is 6.02. The number of anilines is 1. The van der Waals surface area contributed by atoms with Crippen LogP contribution in [0.5, 0.6) is 0 Å². The smallest absolute Gasteiger partial charge is 0.416 e. The fourth-order valence-corrected chi connectivity index (χ4v) is 1.59. The minimum absolute atomic E-state index is 0.00165. The molecule has 0 aromatic heterocycles. The van der Waals surface area contributed by atoms with Crippen molar-refractivity contribution in [3.05, 3.63) is 29.6 Å². The summed E-state index contributed by atoms with van der Waals surface area (Å²) in [6.07, 6.45) is -4.17. The first-order valence-electron chi connectivity index (χ1n) is 6.02. The molecular weight excluding hydrogens is 278 g/mol. The molecule has 0 radical (unpaired) electrons. The first kappa shape index (κ1) is 16.3. The molecule has 0 amide bonds. The lowest BCUT2D eigenvalue weighted by Crippen LogP contribution is -2.14. The zero-order chi connectivity index (χ0) is 15.3. The first-order chi connectivity index (χ1) is 9.20. The average molecular weight is 293 g/mol. The van der Waals surface area contributed by atoms with Crippen molar-refractivity contribution in [2.75, 3.05) is 11.9 Å². The highest BCUT2D eigenvalue weighted by Gasteiger charge is 2.31. The minimum Gasteiger partial charge on any atom is -0.481 e. The van der Waals surface area contributed by atoms with Gasteiger partial charge in [0.2, 0.25) is 0 Å². The van der Waals surface area contributed by atoms with Crippen molar-refractivity contribution in [1.82, 2.24) is 0 Å². The monoisotopic (exact) mass is 293 g/mol. The third-order valence-corrected chi connectivity index (χ3v) is 2.79. The van der Waals surface area contributed by atoms with E-state index in [9.17, 15) is 22.4 Å². The van der Waals surface area contributed by atoms with Crippen LogP contribution in [0.2, 0.25) is 0 Å². The van der Waals surface area contributed by atoms with Gasteiger partial charge >= 0.3 is 12.1 Å². The molecule has 20 heavy (non-hydrogen) atoms. The molecule has 2 N–H and O–H groups in total. The van der Waals surface area contributed by atoms with Crippen molar-refractivity contribution in [1.29, 1.82) is 0 Å². The largest absolute Gasteiger partial charge is 0.481 e. The third kappa shape index (κ3) is 5.07. The maximum atomic E-state index is 13.5. The number of rotatable bonds is 6. The lowest BCUT2D eigenvalue weighted by molar-refractivity contribution is -0.138. The van der Waals surface area contributed by atoms with Crippen molar-refractivity contribution in [2.24, 2.45) is 5.92 Å². The van der Waals surface area contributed by atoms with E-state index in [1.165, 1.54) is 0 Å². The fourth-order valence-electron chi connectivity index (χ4n) is 1.59. The summed E-state index contributed by atoms with van der Waals surface area (Å²) in [6.45, 7) is 2.06. The Bertz CT molecular complexity index is 474. The number of hydrogen-bond acceptors (Lipinski definition) is 2. The van der Waals surface area contributed by atoms with Gasteiger partial charge in [0, 0.05) is 13.0 Å². The van der Waals surface area contributed by atoms with Gasteiger partial charge in [-0.05, 0) is 30.5 Å². The van der Waals surface area contributed by atoms with E-state index in [0.717, 1.165) is 12.1 Å². The number of hydrogen-bond donors (Lipinski definition) is 2. The summed E-state index contributed by atoms with van der Waals surface area (Å²) in [7, 11) is 0. The van der Waals surface area contributed by atoms with Gasteiger partial charge in [-0.25, -0.2) is 4.39 Å². The maximum absolute atomic E-state index is 13.5. The molecule has 1 atom stereocenters. The van der Waals surface area contributed by atoms with Crippen molar-refractivity contribution in [3.63, 3.8) is 0 Å². The Balaban J connectivity index is 2.59. The van der Waals surface area contributed by atoms with Gasteiger partial charge in [0.25, 0.3) is 0 Å². The predicted octanol–water partition coefficient (Wildman–Crippen LogP) is 3.76. The number of carbonyl (C=O) groups is 1. The molecule has 0 bridgehead atoms. The van der Waals surface area contributed by atoms with E-state index in [1.54, 1.807) is 6.92 Å². The molecular formula is C13H15F4NO2. The number of aliphatic carboxylic acids is 1. The zero-order valence-electron chi connectivity index (χ0n) is 10.8. The molecule has 112 valence electrons. The Labute approximate surface area is 113 Å². The van der Waals surface area contributed by atoms with Crippen LogP contribution in [0.15, 0.2) is 18.2 Å². The third-order valence-electron chi connectivity index (χ3n) is 2.79. The summed E-state index contributed by atoms with van der Waals surface area (Å²) in [5.41, 5.74) is -1.07. The van der Waals surface area contributed by atoms with Crippen molar-refractivity contribution in [3.8, 4) is 0 Å². The predicted molar refractivity (Wildman–Crippen MR) is 65.9 cm³/mol. The van der Waals surface area contributed by atoms with E-state index < -0.39 is 23.5 Å². The van der Waals surface area contributed by atoms with Crippen LogP contribution < -0.4 is 5.32 Å². The summed E-state index contributed by atoms with van der Waals surface area (Å²) in [4.78, 5) is 10.4. The Kier molecular flexibility index (Phi) is 5.35. The Morgan fingerprint density at radius 1 is 1.40 bits per heavy atom. The number of carboxylic acids is 1. The second kappa shape index (κ2) is 6.58. The minimum atomic E-state index is -4.58.